The Kier molecular flexibility index (Phi) is 3.29. The standard InChI is InChI=1S/C14H18N2O/c1-10-5-4-6-12(7-10)14(17)9-13-8-11(2)15-16(13)3/h4-8,14,17H,9H2,1-3H3. The average Bonchev–Trinajstić information content (AvgIpc) is 2.57. The van der Waals surface area contributed by atoms with Gasteiger partial charge in [-0.15, -0.1) is 0 Å². The van der Waals surface area contributed by atoms with Crippen molar-refractivity contribution in [3.63, 3.8) is 0 Å². The van der Waals surface area contributed by atoms with E-state index in [9.17, 15) is 5.11 Å². The van der Waals surface area contributed by atoms with Crippen molar-refractivity contribution in [3.05, 3.63) is 52.8 Å². The lowest BCUT2D eigenvalue weighted by Gasteiger charge is -2.11. The van der Waals surface area contributed by atoms with Gasteiger partial charge < -0.3 is 5.11 Å². The summed E-state index contributed by atoms with van der Waals surface area (Å²) < 4.78 is 1.83. The molecule has 0 spiro atoms. The minimum absolute atomic E-state index is 0.468. The van der Waals surface area contributed by atoms with Crippen molar-refractivity contribution < 1.29 is 5.11 Å². The second kappa shape index (κ2) is 4.72. The van der Waals surface area contributed by atoms with Crippen LogP contribution in [0.15, 0.2) is 30.3 Å². The zero-order valence-corrected chi connectivity index (χ0v) is 10.5. The molecule has 0 amide bonds. The molecule has 0 saturated heterocycles. The summed E-state index contributed by atoms with van der Waals surface area (Å²) in [6.07, 6.45) is 0.130. The number of hydrogen-bond acceptors (Lipinski definition) is 2. The molecule has 1 aromatic carbocycles. The van der Waals surface area contributed by atoms with Crippen LogP contribution in [-0.2, 0) is 13.5 Å². The first-order valence-electron chi connectivity index (χ1n) is 5.80. The van der Waals surface area contributed by atoms with Gasteiger partial charge in [0.05, 0.1) is 11.8 Å². The Labute approximate surface area is 102 Å². The topological polar surface area (TPSA) is 38.1 Å². The molecular weight excluding hydrogens is 212 g/mol. The van der Waals surface area contributed by atoms with E-state index >= 15 is 0 Å². The summed E-state index contributed by atoms with van der Waals surface area (Å²) in [7, 11) is 1.91. The fourth-order valence-corrected chi connectivity index (χ4v) is 2.05. The van der Waals surface area contributed by atoms with Crippen molar-refractivity contribution in [3.8, 4) is 0 Å². The van der Waals surface area contributed by atoms with Gasteiger partial charge in [0.25, 0.3) is 0 Å². The number of hydrogen-bond donors (Lipinski definition) is 1. The second-order valence-electron chi connectivity index (χ2n) is 4.53. The zero-order valence-electron chi connectivity index (χ0n) is 10.5. The van der Waals surface area contributed by atoms with Crippen LogP contribution in [-0.4, -0.2) is 14.9 Å². The maximum atomic E-state index is 10.2. The summed E-state index contributed by atoms with van der Waals surface area (Å²) in [6, 6.07) is 10.0. The van der Waals surface area contributed by atoms with E-state index in [1.807, 2.05) is 55.9 Å². The van der Waals surface area contributed by atoms with E-state index in [-0.39, 0.29) is 0 Å². The third-order valence-corrected chi connectivity index (χ3v) is 2.93. The Hall–Kier alpha value is -1.61. The van der Waals surface area contributed by atoms with Gasteiger partial charge in [0.2, 0.25) is 0 Å². The Bertz CT molecular complexity index is 517. The number of nitrogens with zero attached hydrogens (tertiary/aromatic N) is 2. The SMILES string of the molecule is Cc1cccc(C(O)Cc2cc(C)nn2C)c1. The van der Waals surface area contributed by atoms with Gasteiger partial charge in [-0.1, -0.05) is 29.8 Å². The molecule has 0 aliphatic rings. The lowest BCUT2D eigenvalue weighted by Crippen LogP contribution is -2.06. The van der Waals surface area contributed by atoms with E-state index in [0.29, 0.717) is 6.42 Å². The van der Waals surface area contributed by atoms with E-state index in [1.165, 1.54) is 5.56 Å². The number of benzene rings is 1. The lowest BCUT2D eigenvalue weighted by molar-refractivity contribution is 0.175. The van der Waals surface area contributed by atoms with E-state index in [0.717, 1.165) is 17.0 Å². The molecule has 1 atom stereocenters. The summed E-state index contributed by atoms with van der Waals surface area (Å²) >= 11 is 0. The van der Waals surface area contributed by atoms with Gasteiger partial charge in [-0.25, -0.2) is 0 Å². The number of aliphatic hydroxyl groups is 1. The first kappa shape index (κ1) is 11.9. The molecule has 0 radical (unpaired) electrons. The predicted molar refractivity (Wildman–Crippen MR) is 67.8 cm³/mol. The second-order valence-corrected chi connectivity index (χ2v) is 4.53. The van der Waals surface area contributed by atoms with Crippen LogP contribution in [0.4, 0.5) is 0 Å². The zero-order chi connectivity index (χ0) is 12.4. The number of aliphatic hydroxyl groups excluding tert-OH is 1. The monoisotopic (exact) mass is 230 g/mol. The van der Waals surface area contributed by atoms with Gasteiger partial charge in [0.15, 0.2) is 0 Å². The molecule has 1 N–H and O–H groups in total. The smallest absolute Gasteiger partial charge is 0.0845 e. The van der Waals surface area contributed by atoms with Gasteiger partial charge in [-0.3, -0.25) is 4.68 Å². The van der Waals surface area contributed by atoms with Crippen molar-refractivity contribution in [2.24, 2.45) is 7.05 Å². The highest BCUT2D eigenvalue weighted by molar-refractivity contribution is 5.25. The average molecular weight is 230 g/mol. The third-order valence-electron chi connectivity index (χ3n) is 2.93. The molecule has 2 rings (SSSR count). The normalized spacial score (nSPS) is 12.7. The van der Waals surface area contributed by atoms with Crippen molar-refractivity contribution in [2.75, 3.05) is 0 Å². The summed E-state index contributed by atoms with van der Waals surface area (Å²) in [4.78, 5) is 0. The molecule has 90 valence electrons. The van der Waals surface area contributed by atoms with E-state index < -0.39 is 6.10 Å². The Morgan fingerprint density at radius 3 is 2.65 bits per heavy atom. The van der Waals surface area contributed by atoms with Crippen LogP contribution in [0.25, 0.3) is 0 Å². The molecular formula is C14H18N2O. The molecule has 3 heteroatoms. The van der Waals surface area contributed by atoms with Crippen LogP contribution in [0, 0.1) is 13.8 Å². The van der Waals surface area contributed by atoms with Crippen LogP contribution in [0.5, 0.6) is 0 Å². The third kappa shape index (κ3) is 2.74. The Balaban J connectivity index is 2.16. The summed E-state index contributed by atoms with van der Waals surface area (Å²) in [6.45, 7) is 3.99. The summed E-state index contributed by atoms with van der Waals surface area (Å²) in [5.41, 5.74) is 4.17. The highest BCUT2D eigenvalue weighted by Crippen LogP contribution is 2.19. The van der Waals surface area contributed by atoms with Crippen LogP contribution in [0.3, 0.4) is 0 Å². The fourth-order valence-electron chi connectivity index (χ4n) is 2.05. The maximum Gasteiger partial charge on any atom is 0.0845 e. The highest BCUT2D eigenvalue weighted by Gasteiger charge is 2.11. The van der Waals surface area contributed by atoms with Crippen molar-refractivity contribution in [1.29, 1.82) is 0 Å². The van der Waals surface area contributed by atoms with Gasteiger partial charge >= 0.3 is 0 Å². The summed E-state index contributed by atoms with van der Waals surface area (Å²) in [5, 5.41) is 14.5. The molecule has 17 heavy (non-hydrogen) atoms. The lowest BCUT2D eigenvalue weighted by atomic mass is 10.0. The molecule has 0 aliphatic carbocycles. The number of rotatable bonds is 3. The molecule has 3 nitrogen and oxygen atoms in total. The first-order chi connectivity index (χ1) is 8.06. The van der Waals surface area contributed by atoms with E-state index in [2.05, 4.69) is 5.10 Å². The number of aromatic nitrogens is 2. The molecule has 0 bridgehead atoms. The highest BCUT2D eigenvalue weighted by atomic mass is 16.3. The summed E-state index contributed by atoms with van der Waals surface area (Å²) in [5.74, 6) is 0. The molecule has 0 fully saturated rings. The minimum atomic E-state index is -0.468. The molecule has 0 aliphatic heterocycles. The van der Waals surface area contributed by atoms with Crippen LogP contribution >= 0.6 is 0 Å². The first-order valence-corrected chi connectivity index (χ1v) is 5.80. The maximum absolute atomic E-state index is 10.2. The largest absolute Gasteiger partial charge is 0.388 e. The molecule has 0 saturated carbocycles. The van der Waals surface area contributed by atoms with Gasteiger partial charge in [0, 0.05) is 19.2 Å². The Morgan fingerprint density at radius 1 is 1.29 bits per heavy atom. The number of aryl methyl sites for hydroxylation is 3. The van der Waals surface area contributed by atoms with Crippen LogP contribution < -0.4 is 0 Å². The van der Waals surface area contributed by atoms with Crippen LogP contribution in [0.1, 0.15) is 28.6 Å². The quantitative estimate of drug-likeness (QED) is 0.878. The molecule has 2 aromatic rings. The van der Waals surface area contributed by atoms with Crippen molar-refractivity contribution in [2.45, 2.75) is 26.4 Å². The van der Waals surface area contributed by atoms with Gasteiger partial charge in [0.1, 0.15) is 0 Å². The molecule has 1 unspecified atom stereocenters. The van der Waals surface area contributed by atoms with E-state index in [4.69, 9.17) is 0 Å². The van der Waals surface area contributed by atoms with E-state index in [1.54, 1.807) is 0 Å². The minimum Gasteiger partial charge on any atom is -0.388 e. The van der Waals surface area contributed by atoms with Gasteiger partial charge in [-0.2, -0.15) is 5.10 Å². The molecule has 1 heterocycles. The van der Waals surface area contributed by atoms with Crippen molar-refractivity contribution in [1.82, 2.24) is 9.78 Å². The Morgan fingerprint density at radius 2 is 2.06 bits per heavy atom. The van der Waals surface area contributed by atoms with Gasteiger partial charge in [-0.05, 0) is 25.5 Å². The van der Waals surface area contributed by atoms with Crippen LogP contribution in [0.2, 0.25) is 0 Å². The van der Waals surface area contributed by atoms with Crippen molar-refractivity contribution >= 4 is 0 Å². The molecule has 1 aromatic heterocycles. The fraction of sp³-hybridized carbons (Fsp3) is 0.357. The predicted octanol–water partition coefficient (Wildman–Crippen LogP) is 2.31.